The molecule has 0 amide bonds. The molecule has 0 atom stereocenters. The Balaban J connectivity index is 3.16. The molecule has 0 saturated carbocycles. The fraction of sp³-hybridized carbons (Fsp3) is 0.714. The van der Waals surface area contributed by atoms with Crippen molar-refractivity contribution in [1.29, 1.82) is 0 Å². The summed E-state index contributed by atoms with van der Waals surface area (Å²) in [5.41, 5.74) is 3.17. The van der Waals surface area contributed by atoms with Gasteiger partial charge in [-0.2, -0.15) is 0 Å². The summed E-state index contributed by atoms with van der Waals surface area (Å²) in [5.74, 6) is 3.84. The van der Waals surface area contributed by atoms with Crippen molar-refractivity contribution < 1.29 is 0 Å². The molecular weight excluding hydrogens is 148 g/mol. The second kappa shape index (κ2) is 6.19. The molecule has 0 spiro atoms. The van der Waals surface area contributed by atoms with E-state index < -0.39 is 0 Å². The summed E-state index contributed by atoms with van der Waals surface area (Å²) in [6, 6.07) is 0. The molecular formula is C7H12ClSi. The highest BCUT2D eigenvalue weighted by molar-refractivity contribution is 6.64. The molecule has 51 valence electrons. The van der Waals surface area contributed by atoms with Crippen molar-refractivity contribution in [2.24, 2.45) is 0 Å². The molecule has 0 aromatic carbocycles. The van der Waals surface area contributed by atoms with E-state index in [1.54, 1.807) is 0 Å². The molecule has 0 aliphatic heterocycles. The molecule has 0 N–H and O–H groups in total. The average molecular weight is 160 g/mol. The van der Waals surface area contributed by atoms with Crippen LogP contribution in [0, 0.1) is 11.5 Å². The molecule has 9 heavy (non-hydrogen) atoms. The maximum absolute atomic E-state index is 5.46. The maximum Gasteiger partial charge on any atom is 0.138 e. The van der Waals surface area contributed by atoms with Crippen LogP contribution in [0.4, 0.5) is 0 Å². The Labute approximate surface area is 64.2 Å². The fourth-order valence-electron chi connectivity index (χ4n) is 0.394. The van der Waals surface area contributed by atoms with E-state index in [0.717, 1.165) is 18.7 Å². The number of rotatable bonds is 2. The van der Waals surface area contributed by atoms with E-state index in [9.17, 15) is 0 Å². The minimum absolute atomic E-state index is 0.319. The lowest BCUT2D eigenvalue weighted by atomic mass is 10.4. The van der Waals surface area contributed by atoms with Crippen LogP contribution in [0.5, 0.6) is 0 Å². The SMILES string of the molecule is C[Si](C)C#CCCCCl. The van der Waals surface area contributed by atoms with Gasteiger partial charge in [0, 0.05) is 12.3 Å². The highest BCUT2D eigenvalue weighted by Gasteiger charge is 1.84. The van der Waals surface area contributed by atoms with Crippen LogP contribution in [0.25, 0.3) is 0 Å². The normalized spacial score (nSPS) is 8.89. The zero-order chi connectivity index (χ0) is 7.11. The first kappa shape index (κ1) is 9.07. The van der Waals surface area contributed by atoms with E-state index >= 15 is 0 Å². The summed E-state index contributed by atoms with van der Waals surface area (Å²) < 4.78 is 0. The Kier molecular flexibility index (Phi) is 6.24. The van der Waals surface area contributed by atoms with Gasteiger partial charge in [0.1, 0.15) is 8.80 Å². The highest BCUT2D eigenvalue weighted by Crippen LogP contribution is 1.88. The summed E-state index contributed by atoms with van der Waals surface area (Å²) in [5, 5.41) is 0. The fourth-order valence-corrected chi connectivity index (χ4v) is 1.01. The van der Waals surface area contributed by atoms with Crippen molar-refractivity contribution in [3.8, 4) is 11.5 Å². The van der Waals surface area contributed by atoms with Gasteiger partial charge < -0.3 is 0 Å². The number of unbranched alkanes of at least 4 members (excludes halogenated alkanes) is 1. The van der Waals surface area contributed by atoms with Gasteiger partial charge >= 0.3 is 0 Å². The molecule has 0 aromatic heterocycles. The molecule has 2 heteroatoms. The molecule has 0 unspecified atom stereocenters. The highest BCUT2D eigenvalue weighted by atomic mass is 35.5. The summed E-state index contributed by atoms with van der Waals surface area (Å²) >= 11 is 5.46. The van der Waals surface area contributed by atoms with Crippen LogP contribution in [0.3, 0.4) is 0 Å². The van der Waals surface area contributed by atoms with Gasteiger partial charge in [-0.1, -0.05) is 13.1 Å². The quantitative estimate of drug-likeness (QED) is 0.251. The van der Waals surface area contributed by atoms with Crippen LogP contribution in [-0.2, 0) is 0 Å². The van der Waals surface area contributed by atoms with Gasteiger partial charge in [0.05, 0.1) is 0 Å². The summed E-state index contributed by atoms with van der Waals surface area (Å²) in [4.78, 5) is 0. The van der Waals surface area contributed by atoms with E-state index in [-0.39, 0.29) is 8.80 Å². The molecule has 1 radical (unpaired) electrons. The molecule has 0 bridgehead atoms. The van der Waals surface area contributed by atoms with Crippen molar-refractivity contribution in [3.63, 3.8) is 0 Å². The Morgan fingerprint density at radius 1 is 1.44 bits per heavy atom. The van der Waals surface area contributed by atoms with Gasteiger partial charge in [-0.3, -0.25) is 0 Å². The van der Waals surface area contributed by atoms with Crippen molar-refractivity contribution in [1.82, 2.24) is 0 Å². The molecule has 0 fully saturated rings. The van der Waals surface area contributed by atoms with Crippen molar-refractivity contribution in [3.05, 3.63) is 0 Å². The van der Waals surface area contributed by atoms with Crippen LogP contribution in [0.1, 0.15) is 12.8 Å². The Morgan fingerprint density at radius 3 is 2.56 bits per heavy atom. The van der Waals surface area contributed by atoms with Crippen molar-refractivity contribution in [2.45, 2.75) is 25.9 Å². The summed E-state index contributed by atoms with van der Waals surface area (Å²) in [6.45, 7) is 4.39. The molecule has 0 aromatic rings. The van der Waals surface area contributed by atoms with E-state index in [4.69, 9.17) is 11.6 Å². The second-order valence-electron chi connectivity index (χ2n) is 2.09. The van der Waals surface area contributed by atoms with E-state index in [1.807, 2.05) is 0 Å². The number of halogens is 1. The molecule has 0 heterocycles. The molecule has 0 saturated heterocycles. The number of hydrogen-bond acceptors (Lipinski definition) is 0. The van der Waals surface area contributed by atoms with Crippen molar-refractivity contribution >= 4 is 20.4 Å². The van der Waals surface area contributed by atoms with Gasteiger partial charge in [-0.25, -0.2) is 0 Å². The first-order chi connectivity index (χ1) is 4.27. The Morgan fingerprint density at radius 2 is 2.11 bits per heavy atom. The van der Waals surface area contributed by atoms with E-state index in [0.29, 0.717) is 0 Å². The first-order valence-corrected chi connectivity index (χ1v) is 6.16. The molecule has 0 nitrogen and oxygen atoms in total. The van der Waals surface area contributed by atoms with Gasteiger partial charge in [0.15, 0.2) is 0 Å². The predicted octanol–water partition coefficient (Wildman–Crippen LogP) is 2.30. The monoisotopic (exact) mass is 159 g/mol. The van der Waals surface area contributed by atoms with Crippen LogP contribution in [0.15, 0.2) is 0 Å². The molecule has 0 rings (SSSR count). The molecule has 0 aliphatic carbocycles. The zero-order valence-corrected chi connectivity index (χ0v) is 7.76. The lowest BCUT2D eigenvalue weighted by Crippen LogP contribution is -1.92. The minimum Gasteiger partial charge on any atom is -0.134 e. The number of hydrogen-bond donors (Lipinski definition) is 0. The van der Waals surface area contributed by atoms with Gasteiger partial charge in [0.25, 0.3) is 0 Å². The second-order valence-corrected chi connectivity index (χ2v) is 4.72. The minimum atomic E-state index is -0.319. The average Bonchev–Trinajstić information content (AvgIpc) is 1.80. The zero-order valence-electron chi connectivity index (χ0n) is 6.00. The predicted molar refractivity (Wildman–Crippen MR) is 45.2 cm³/mol. The Bertz CT molecular complexity index is 110. The van der Waals surface area contributed by atoms with Crippen LogP contribution >= 0.6 is 11.6 Å². The van der Waals surface area contributed by atoms with Crippen LogP contribution in [-0.4, -0.2) is 14.7 Å². The van der Waals surface area contributed by atoms with Crippen molar-refractivity contribution in [2.75, 3.05) is 5.88 Å². The van der Waals surface area contributed by atoms with E-state index in [2.05, 4.69) is 24.6 Å². The third-order valence-electron chi connectivity index (χ3n) is 0.774. The molecule has 0 aliphatic rings. The third kappa shape index (κ3) is 8.07. The van der Waals surface area contributed by atoms with Crippen LogP contribution < -0.4 is 0 Å². The summed E-state index contributed by atoms with van der Waals surface area (Å²) in [6.07, 6.45) is 2.00. The smallest absolute Gasteiger partial charge is 0.134 e. The number of alkyl halides is 1. The lowest BCUT2D eigenvalue weighted by molar-refractivity contribution is 0.992. The van der Waals surface area contributed by atoms with Crippen LogP contribution in [0.2, 0.25) is 13.1 Å². The summed E-state index contributed by atoms with van der Waals surface area (Å²) in [7, 11) is -0.319. The Hall–Kier alpha value is 0.0669. The van der Waals surface area contributed by atoms with Gasteiger partial charge in [-0.15, -0.1) is 23.1 Å². The topological polar surface area (TPSA) is 0 Å². The maximum atomic E-state index is 5.46. The first-order valence-electron chi connectivity index (χ1n) is 3.12. The lowest BCUT2D eigenvalue weighted by Gasteiger charge is -1.84. The van der Waals surface area contributed by atoms with E-state index in [1.165, 1.54) is 0 Å². The third-order valence-corrected chi connectivity index (χ3v) is 1.72. The standard InChI is InChI=1S/C7H12ClSi/c1-9(2)7-5-3-4-6-8/h3-4,6H2,1-2H3. The van der Waals surface area contributed by atoms with Gasteiger partial charge in [0.2, 0.25) is 0 Å². The van der Waals surface area contributed by atoms with Gasteiger partial charge in [-0.05, 0) is 6.42 Å². The largest absolute Gasteiger partial charge is 0.138 e.